The van der Waals surface area contributed by atoms with Crippen molar-refractivity contribution in [3.05, 3.63) is 60.8 Å². The number of ether oxygens (including phenoxy) is 3. The van der Waals surface area contributed by atoms with Crippen molar-refractivity contribution in [1.29, 1.82) is 0 Å². The van der Waals surface area contributed by atoms with Crippen LogP contribution in [0.5, 0.6) is 0 Å². The molecule has 0 N–H and O–H groups in total. The molecule has 0 aromatic carbocycles. The summed E-state index contributed by atoms with van der Waals surface area (Å²) in [7, 11) is 0. The fourth-order valence-corrected chi connectivity index (χ4v) is 8.37. The molecule has 0 aliphatic carbocycles. The predicted octanol–water partition coefficient (Wildman–Crippen LogP) is 19.6. The summed E-state index contributed by atoms with van der Waals surface area (Å²) in [5.41, 5.74) is 0. The van der Waals surface area contributed by atoms with Crippen LogP contribution in [0.2, 0.25) is 0 Å². The first-order chi connectivity index (χ1) is 33.5. The van der Waals surface area contributed by atoms with E-state index in [1.807, 2.05) is 0 Å². The number of carbonyl (C=O) groups is 3. The summed E-state index contributed by atoms with van der Waals surface area (Å²) >= 11 is 0. The number of rotatable bonds is 53. The quantitative estimate of drug-likeness (QED) is 0.0262. The minimum atomic E-state index is -0.781. The highest BCUT2D eigenvalue weighted by Gasteiger charge is 2.19. The Morgan fingerprint density at radius 3 is 0.926 bits per heavy atom. The number of unbranched alkanes of at least 4 members (excludes halogenated alkanes) is 32. The van der Waals surface area contributed by atoms with Gasteiger partial charge in [-0.15, -0.1) is 0 Å². The Morgan fingerprint density at radius 2 is 0.574 bits per heavy atom. The average Bonchev–Trinajstić information content (AvgIpc) is 3.34. The molecule has 0 saturated heterocycles. The molecule has 0 saturated carbocycles. The molecule has 1 atom stereocenters. The minimum absolute atomic E-state index is 0.0796. The summed E-state index contributed by atoms with van der Waals surface area (Å²) in [5.74, 6) is -0.887. The zero-order valence-corrected chi connectivity index (χ0v) is 45.1. The van der Waals surface area contributed by atoms with Crippen LogP contribution in [-0.2, 0) is 28.6 Å². The van der Waals surface area contributed by atoms with E-state index in [9.17, 15) is 14.4 Å². The van der Waals surface area contributed by atoms with Gasteiger partial charge < -0.3 is 14.2 Å². The topological polar surface area (TPSA) is 78.9 Å². The Labute approximate surface area is 421 Å². The Bertz CT molecular complexity index is 1230. The van der Waals surface area contributed by atoms with E-state index < -0.39 is 6.10 Å². The monoisotopic (exact) mass is 951 g/mol. The van der Waals surface area contributed by atoms with Crippen LogP contribution in [0, 0.1) is 0 Å². The van der Waals surface area contributed by atoms with Crippen LogP contribution >= 0.6 is 0 Å². The smallest absolute Gasteiger partial charge is 0.306 e. The maximum absolute atomic E-state index is 12.9. The first-order valence-corrected chi connectivity index (χ1v) is 29.3. The molecule has 68 heavy (non-hydrogen) atoms. The second-order valence-corrected chi connectivity index (χ2v) is 19.5. The van der Waals surface area contributed by atoms with Crippen LogP contribution in [0.15, 0.2) is 60.8 Å². The summed E-state index contributed by atoms with van der Waals surface area (Å²) < 4.78 is 16.9. The van der Waals surface area contributed by atoms with Crippen LogP contribution in [0.25, 0.3) is 0 Å². The van der Waals surface area contributed by atoms with Crippen molar-refractivity contribution in [3.8, 4) is 0 Å². The first kappa shape index (κ1) is 65.1. The van der Waals surface area contributed by atoms with Crippen molar-refractivity contribution in [2.75, 3.05) is 13.2 Å². The minimum Gasteiger partial charge on any atom is -0.462 e. The van der Waals surface area contributed by atoms with Gasteiger partial charge in [-0.1, -0.05) is 255 Å². The summed E-state index contributed by atoms with van der Waals surface area (Å²) in [6.45, 7) is 6.52. The molecular formula is C62H110O6. The highest BCUT2D eigenvalue weighted by Crippen LogP contribution is 2.16. The molecular weight excluding hydrogens is 841 g/mol. The van der Waals surface area contributed by atoms with E-state index in [4.69, 9.17) is 14.2 Å². The molecule has 0 amide bonds. The van der Waals surface area contributed by atoms with Gasteiger partial charge in [-0.2, -0.15) is 0 Å². The molecule has 6 heteroatoms. The van der Waals surface area contributed by atoms with Crippen molar-refractivity contribution < 1.29 is 28.6 Å². The summed E-state index contributed by atoms with van der Waals surface area (Å²) in [5, 5.41) is 0. The molecule has 0 unspecified atom stereocenters. The highest BCUT2D eigenvalue weighted by molar-refractivity contribution is 5.71. The van der Waals surface area contributed by atoms with Gasteiger partial charge in [-0.25, -0.2) is 0 Å². The first-order valence-electron chi connectivity index (χ1n) is 29.3. The van der Waals surface area contributed by atoms with E-state index in [0.29, 0.717) is 19.3 Å². The van der Waals surface area contributed by atoms with Crippen LogP contribution in [0.1, 0.15) is 297 Å². The molecule has 0 radical (unpaired) electrons. The number of esters is 3. The Balaban J connectivity index is 4.37. The second kappa shape index (κ2) is 56.7. The molecule has 0 aliphatic heterocycles. The standard InChI is InChI=1S/C62H110O6/c1-4-7-10-13-16-19-22-25-28-30-31-32-35-37-40-43-46-49-52-55-61(64)67-58-59(57-66-60(63)54-51-48-45-42-39-36-33-27-24-21-18-15-12-9-6-3)68-62(65)56-53-50-47-44-41-38-34-29-26-23-20-17-14-11-8-5-2/h9,12,16,18-19,21,25,27-28,33,59H,4-8,10-11,13-15,17,20,22-24,26,29-32,34-58H2,1-3H3/b12-9+,19-16+,21-18+,28-25+,33-27+/t59-/m1/s1. The molecule has 0 aromatic heterocycles. The number of allylic oxidation sites excluding steroid dienone is 10. The molecule has 0 spiro atoms. The van der Waals surface area contributed by atoms with Crippen molar-refractivity contribution in [3.63, 3.8) is 0 Å². The number of carbonyl (C=O) groups excluding carboxylic acids is 3. The van der Waals surface area contributed by atoms with Crippen LogP contribution < -0.4 is 0 Å². The van der Waals surface area contributed by atoms with Crippen molar-refractivity contribution >= 4 is 17.9 Å². The van der Waals surface area contributed by atoms with Gasteiger partial charge in [0.05, 0.1) is 0 Å². The zero-order valence-electron chi connectivity index (χ0n) is 45.1. The predicted molar refractivity (Wildman–Crippen MR) is 293 cm³/mol. The van der Waals surface area contributed by atoms with Crippen molar-refractivity contribution in [2.45, 2.75) is 303 Å². The second-order valence-electron chi connectivity index (χ2n) is 19.5. The third-order valence-electron chi connectivity index (χ3n) is 12.8. The summed E-state index contributed by atoms with van der Waals surface area (Å²) in [6, 6.07) is 0. The normalized spacial score (nSPS) is 12.5. The zero-order chi connectivity index (χ0) is 49.3. The van der Waals surface area contributed by atoms with Gasteiger partial charge in [0.1, 0.15) is 13.2 Å². The van der Waals surface area contributed by atoms with Crippen LogP contribution in [0.3, 0.4) is 0 Å². The lowest BCUT2D eigenvalue weighted by atomic mass is 10.0. The van der Waals surface area contributed by atoms with Crippen molar-refractivity contribution in [1.82, 2.24) is 0 Å². The molecule has 0 fully saturated rings. The fourth-order valence-electron chi connectivity index (χ4n) is 8.37. The maximum atomic E-state index is 12.9. The SMILES string of the molecule is CC/C=C/C/C=C/C/C=C/CCCCCCCC(=O)OC[C@H](COC(=O)CCCCCCCCCCC/C=C/C/C=C/CCCCC)OC(=O)CCCCCCCCCCCCCCCCCC. The van der Waals surface area contributed by atoms with Gasteiger partial charge in [0.15, 0.2) is 6.10 Å². The molecule has 0 aromatic rings. The molecule has 0 heterocycles. The van der Waals surface area contributed by atoms with Gasteiger partial charge in [-0.05, 0) is 83.5 Å². The molecule has 0 rings (SSSR count). The Kier molecular flexibility index (Phi) is 54.3. The van der Waals surface area contributed by atoms with Gasteiger partial charge in [0.2, 0.25) is 0 Å². The van der Waals surface area contributed by atoms with E-state index in [1.165, 1.54) is 154 Å². The third-order valence-corrected chi connectivity index (χ3v) is 12.8. The lowest BCUT2D eigenvalue weighted by molar-refractivity contribution is -0.167. The summed E-state index contributed by atoms with van der Waals surface area (Å²) in [4.78, 5) is 38.2. The number of hydrogen-bond donors (Lipinski definition) is 0. The summed E-state index contributed by atoms with van der Waals surface area (Å²) in [6.07, 6.45) is 70.6. The third kappa shape index (κ3) is 54.1. The van der Waals surface area contributed by atoms with Gasteiger partial charge in [0, 0.05) is 19.3 Å². The molecule has 6 nitrogen and oxygen atoms in total. The van der Waals surface area contributed by atoms with Gasteiger partial charge in [-0.3, -0.25) is 14.4 Å². The van der Waals surface area contributed by atoms with Crippen LogP contribution in [0.4, 0.5) is 0 Å². The molecule has 0 aliphatic rings. The van der Waals surface area contributed by atoms with E-state index >= 15 is 0 Å². The Morgan fingerprint density at radius 1 is 0.309 bits per heavy atom. The van der Waals surface area contributed by atoms with Gasteiger partial charge in [0.25, 0.3) is 0 Å². The fraction of sp³-hybridized carbons (Fsp3) is 0.790. The lowest BCUT2D eigenvalue weighted by Gasteiger charge is -2.18. The van der Waals surface area contributed by atoms with Crippen molar-refractivity contribution in [2.24, 2.45) is 0 Å². The van der Waals surface area contributed by atoms with E-state index in [0.717, 1.165) is 103 Å². The van der Waals surface area contributed by atoms with Crippen LogP contribution in [-0.4, -0.2) is 37.2 Å². The largest absolute Gasteiger partial charge is 0.462 e. The van der Waals surface area contributed by atoms with E-state index in [2.05, 4.69) is 81.5 Å². The van der Waals surface area contributed by atoms with Gasteiger partial charge >= 0.3 is 17.9 Å². The van der Waals surface area contributed by atoms with E-state index in [-0.39, 0.29) is 31.1 Å². The molecule has 0 bridgehead atoms. The van der Waals surface area contributed by atoms with E-state index in [1.54, 1.807) is 0 Å². The highest BCUT2D eigenvalue weighted by atomic mass is 16.6. The Hall–Kier alpha value is -2.89. The lowest BCUT2D eigenvalue weighted by Crippen LogP contribution is -2.30. The average molecular weight is 952 g/mol. The number of hydrogen-bond acceptors (Lipinski definition) is 6. The molecule has 394 valence electrons. The maximum Gasteiger partial charge on any atom is 0.306 e.